The Hall–Kier alpha value is -2.85. The van der Waals surface area contributed by atoms with E-state index in [1.54, 1.807) is 9.47 Å². The van der Waals surface area contributed by atoms with Crippen LogP contribution < -0.4 is 20.8 Å². The molecule has 0 unspecified atom stereocenters. The van der Waals surface area contributed by atoms with Crippen LogP contribution in [-0.2, 0) is 0 Å². The fourth-order valence-electron chi connectivity index (χ4n) is 4.21. The van der Waals surface area contributed by atoms with Crippen molar-refractivity contribution in [2.75, 3.05) is 44.0 Å². The molecule has 0 spiro atoms. The molecule has 1 heterocycles. The average molecular weight is 451 g/mol. The standard InChI is InChI=1S/C22H30FN3O6/c1-3-25(10-12(6-8-27)7-9-28)19-16(23)17(24)15-18(21(19)32-2)26(13-4-5-13)11-14(20(15)29)22(30)31/h11-13,27-28H,3-10,24H2,1-2H3,(H,30,31). The fourth-order valence-corrected chi connectivity index (χ4v) is 4.21. The Kier molecular flexibility index (Phi) is 7.25. The molecule has 1 aliphatic carbocycles. The number of aliphatic hydroxyl groups is 2. The minimum absolute atomic E-state index is 0.0329. The summed E-state index contributed by atoms with van der Waals surface area (Å²) in [4.78, 5) is 26.3. The maximum absolute atomic E-state index is 15.7. The summed E-state index contributed by atoms with van der Waals surface area (Å²) in [5.74, 6) is -2.25. The molecule has 176 valence electrons. The Morgan fingerprint density at radius 3 is 2.44 bits per heavy atom. The molecule has 0 bridgehead atoms. The van der Waals surface area contributed by atoms with E-state index < -0.39 is 28.5 Å². The molecule has 1 fully saturated rings. The highest BCUT2D eigenvalue weighted by molar-refractivity contribution is 6.03. The van der Waals surface area contributed by atoms with Gasteiger partial charge in [0.2, 0.25) is 5.43 Å². The second-order valence-electron chi connectivity index (χ2n) is 8.08. The van der Waals surface area contributed by atoms with E-state index in [-0.39, 0.29) is 47.5 Å². The van der Waals surface area contributed by atoms with Gasteiger partial charge in [-0.2, -0.15) is 0 Å². The Labute approximate surface area is 184 Å². The number of benzene rings is 1. The van der Waals surface area contributed by atoms with Crippen molar-refractivity contribution < 1.29 is 29.2 Å². The van der Waals surface area contributed by atoms with Gasteiger partial charge in [0, 0.05) is 38.5 Å². The van der Waals surface area contributed by atoms with Crippen molar-refractivity contribution in [2.24, 2.45) is 5.92 Å². The maximum atomic E-state index is 15.7. The van der Waals surface area contributed by atoms with Crippen molar-refractivity contribution in [3.8, 4) is 5.75 Å². The van der Waals surface area contributed by atoms with Crippen molar-refractivity contribution in [3.63, 3.8) is 0 Å². The number of carbonyl (C=O) groups is 1. The molecule has 1 aliphatic rings. The van der Waals surface area contributed by atoms with E-state index in [1.165, 1.54) is 13.3 Å². The van der Waals surface area contributed by atoms with Gasteiger partial charge in [0.1, 0.15) is 11.3 Å². The van der Waals surface area contributed by atoms with E-state index in [4.69, 9.17) is 10.5 Å². The van der Waals surface area contributed by atoms with Crippen LogP contribution in [0.25, 0.3) is 10.9 Å². The molecule has 0 aliphatic heterocycles. The van der Waals surface area contributed by atoms with Gasteiger partial charge >= 0.3 is 5.97 Å². The van der Waals surface area contributed by atoms with Gasteiger partial charge in [-0.25, -0.2) is 9.18 Å². The molecule has 0 atom stereocenters. The summed E-state index contributed by atoms with van der Waals surface area (Å²) in [5, 5.41) is 28.0. The third kappa shape index (κ3) is 4.24. The number of anilines is 2. The number of nitrogens with two attached hydrogens (primary N) is 1. The predicted molar refractivity (Wildman–Crippen MR) is 119 cm³/mol. The van der Waals surface area contributed by atoms with Crippen molar-refractivity contribution in [1.82, 2.24) is 4.57 Å². The largest absolute Gasteiger partial charge is 0.492 e. The fraction of sp³-hybridized carbons (Fsp3) is 0.545. The molecule has 2 aromatic rings. The summed E-state index contributed by atoms with van der Waals surface area (Å²) < 4.78 is 22.9. The highest BCUT2D eigenvalue weighted by atomic mass is 19.1. The van der Waals surface area contributed by atoms with E-state index in [2.05, 4.69) is 0 Å². The normalized spacial score (nSPS) is 13.7. The lowest BCUT2D eigenvalue weighted by atomic mass is 10.00. The van der Waals surface area contributed by atoms with E-state index in [1.807, 2.05) is 6.92 Å². The summed E-state index contributed by atoms with van der Waals surface area (Å²) in [5.41, 5.74) is 4.71. The highest BCUT2D eigenvalue weighted by Gasteiger charge is 2.33. The average Bonchev–Trinajstić information content (AvgIpc) is 3.59. The summed E-state index contributed by atoms with van der Waals surface area (Å²) in [6.45, 7) is 2.40. The van der Waals surface area contributed by atoms with Gasteiger partial charge in [-0.1, -0.05) is 0 Å². The first-order valence-corrected chi connectivity index (χ1v) is 10.7. The first-order valence-electron chi connectivity index (χ1n) is 10.7. The van der Waals surface area contributed by atoms with Crippen LogP contribution in [0.4, 0.5) is 15.8 Å². The van der Waals surface area contributed by atoms with Gasteiger partial charge in [0.15, 0.2) is 11.6 Å². The second kappa shape index (κ2) is 9.74. The lowest BCUT2D eigenvalue weighted by Gasteiger charge is -2.31. The van der Waals surface area contributed by atoms with E-state index in [0.29, 0.717) is 25.9 Å². The zero-order valence-electron chi connectivity index (χ0n) is 18.3. The molecule has 0 amide bonds. The number of ether oxygens (including phenoxy) is 1. The topological polar surface area (TPSA) is 138 Å². The molecule has 0 saturated heterocycles. The van der Waals surface area contributed by atoms with Crippen LogP contribution >= 0.6 is 0 Å². The zero-order chi connectivity index (χ0) is 23.6. The number of methoxy groups -OCH3 is 1. The number of nitrogen functional groups attached to an aromatic ring is 1. The molecular weight excluding hydrogens is 421 g/mol. The number of aromatic carboxylic acids is 1. The first-order chi connectivity index (χ1) is 15.3. The van der Waals surface area contributed by atoms with Gasteiger partial charge < -0.3 is 35.3 Å². The molecule has 32 heavy (non-hydrogen) atoms. The molecule has 10 heteroatoms. The molecule has 1 aromatic carbocycles. The lowest BCUT2D eigenvalue weighted by Crippen LogP contribution is -2.32. The van der Waals surface area contributed by atoms with Crippen LogP contribution in [0.5, 0.6) is 5.75 Å². The molecule has 0 radical (unpaired) electrons. The molecule has 1 saturated carbocycles. The predicted octanol–water partition coefficient (Wildman–Crippen LogP) is 1.97. The Balaban J connectivity index is 2.31. The van der Waals surface area contributed by atoms with Crippen LogP contribution in [0.3, 0.4) is 0 Å². The minimum Gasteiger partial charge on any atom is -0.492 e. The van der Waals surface area contributed by atoms with Crippen molar-refractivity contribution in [2.45, 2.75) is 38.6 Å². The number of carboxylic acids is 1. The number of rotatable bonds is 11. The smallest absolute Gasteiger partial charge is 0.341 e. The number of carboxylic acid groups (broad SMARTS) is 1. The number of pyridine rings is 1. The molecule has 5 N–H and O–H groups in total. The van der Waals surface area contributed by atoms with Crippen molar-refractivity contribution in [1.29, 1.82) is 0 Å². The maximum Gasteiger partial charge on any atom is 0.341 e. The summed E-state index contributed by atoms with van der Waals surface area (Å²) in [7, 11) is 1.37. The van der Waals surface area contributed by atoms with Crippen molar-refractivity contribution >= 4 is 28.2 Å². The van der Waals surface area contributed by atoms with Crippen molar-refractivity contribution in [3.05, 3.63) is 27.8 Å². The first kappa shape index (κ1) is 23.8. The number of aromatic nitrogens is 1. The Bertz CT molecular complexity index is 1060. The lowest BCUT2D eigenvalue weighted by molar-refractivity contribution is 0.0694. The van der Waals surface area contributed by atoms with Crippen LogP contribution in [-0.4, -0.2) is 59.3 Å². The van der Waals surface area contributed by atoms with Crippen LogP contribution in [0, 0.1) is 11.7 Å². The molecule has 1 aromatic heterocycles. The number of fused-ring (bicyclic) bond motifs is 1. The highest BCUT2D eigenvalue weighted by Crippen LogP contribution is 2.46. The number of nitrogens with zero attached hydrogens (tertiary/aromatic N) is 2. The van der Waals surface area contributed by atoms with Gasteiger partial charge in [-0.3, -0.25) is 4.79 Å². The number of halogens is 1. The Morgan fingerprint density at radius 1 is 1.34 bits per heavy atom. The van der Waals surface area contributed by atoms with E-state index in [0.717, 1.165) is 12.8 Å². The second-order valence-corrected chi connectivity index (χ2v) is 8.08. The van der Waals surface area contributed by atoms with Crippen LogP contribution in [0.15, 0.2) is 11.0 Å². The summed E-state index contributed by atoms with van der Waals surface area (Å²) in [6, 6.07) is -0.0329. The van der Waals surface area contributed by atoms with Crippen LogP contribution in [0.2, 0.25) is 0 Å². The van der Waals surface area contributed by atoms with E-state index >= 15 is 4.39 Å². The summed E-state index contributed by atoms with van der Waals surface area (Å²) in [6.07, 6.45) is 3.72. The third-order valence-electron chi connectivity index (χ3n) is 6.00. The van der Waals surface area contributed by atoms with Gasteiger partial charge in [0.05, 0.1) is 23.7 Å². The quantitative estimate of drug-likeness (QED) is 0.381. The summed E-state index contributed by atoms with van der Waals surface area (Å²) >= 11 is 0. The SMILES string of the molecule is CCN(CC(CCO)CCO)c1c(F)c(N)c2c(=O)c(C(=O)O)cn(C3CC3)c2c1OC. The third-order valence-corrected chi connectivity index (χ3v) is 6.00. The van der Waals surface area contributed by atoms with Gasteiger partial charge in [-0.15, -0.1) is 0 Å². The molecular formula is C22H30FN3O6. The van der Waals surface area contributed by atoms with E-state index in [9.17, 15) is 24.9 Å². The van der Waals surface area contributed by atoms with Crippen LogP contribution in [0.1, 0.15) is 49.0 Å². The molecule has 9 nitrogen and oxygen atoms in total. The number of aliphatic hydroxyl groups excluding tert-OH is 2. The minimum atomic E-state index is -1.40. The van der Waals surface area contributed by atoms with Gasteiger partial charge in [0.25, 0.3) is 0 Å². The zero-order valence-corrected chi connectivity index (χ0v) is 18.3. The monoisotopic (exact) mass is 451 g/mol. The number of hydrogen-bond acceptors (Lipinski definition) is 7. The number of hydrogen-bond donors (Lipinski definition) is 4. The molecule has 3 rings (SSSR count). The Morgan fingerprint density at radius 2 is 1.97 bits per heavy atom. The van der Waals surface area contributed by atoms with Gasteiger partial charge in [-0.05, 0) is 38.5 Å².